The van der Waals surface area contributed by atoms with Crippen LogP contribution in [0.25, 0.3) is 0 Å². The molecule has 0 radical (unpaired) electrons. The van der Waals surface area contributed by atoms with E-state index in [0.29, 0.717) is 6.04 Å². The molecule has 1 heterocycles. The highest BCUT2D eigenvalue weighted by Gasteiger charge is 2.17. The lowest BCUT2D eigenvalue weighted by molar-refractivity contribution is 0.643. The summed E-state index contributed by atoms with van der Waals surface area (Å²) in [5, 5.41) is 3.54. The number of benzene rings is 1. The van der Waals surface area contributed by atoms with Crippen LogP contribution in [0.1, 0.15) is 35.6 Å². The SMILES string of the molecule is Cc1cccc([C@H]2CCCN2)c1C.Cl. The first-order valence-electron chi connectivity index (χ1n) is 5.08. The molecular weight excluding hydrogens is 194 g/mol. The van der Waals surface area contributed by atoms with Gasteiger partial charge in [-0.1, -0.05) is 18.2 Å². The van der Waals surface area contributed by atoms with Crippen molar-refractivity contribution >= 4 is 12.4 Å². The number of aryl methyl sites for hydroxylation is 1. The molecule has 2 heteroatoms. The monoisotopic (exact) mass is 211 g/mol. The third-order valence-corrected chi connectivity index (χ3v) is 3.08. The van der Waals surface area contributed by atoms with Crippen molar-refractivity contribution in [2.45, 2.75) is 32.7 Å². The molecule has 0 aliphatic carbocycles. The maximum atomic E-state index is 3.54. The quantitative estimate of drug-likeness (QED) is 0.753. The van der Waals surface area contributed by atoms with Crippen molar-refractivity contribution in [1.29, 1.82) is 0 Å². The van der Waals surface area contributed by atoms with Gasteiger partial charge in [-0.05, 0) is 49.9 Å². The van der Waals surface area contributed by atoms with Crippen molar-refractivity contribution in [1.82, 2.24) is 5.32 Å². The minimum absolute atomic E-state index is 0. The molecular formula is C12H18ClN. The summed E-state index contributed by atoms with van der Waals surface area (Å²) in [7, 11) is 0. The van der Waals surface area contributed by atoms with Gasteiger partial charge in [-0.3, -0.25) is 0 Å². The van der Waals surface area contributed by atoms with Gasteiger partial charge in [0.2, 0.25) is 0 Å². The van der Waals surface area contributed by atoms with E-state index in [1.54, 1.807) is 0 Å². The highest BCUT2D eigenvalue weighted by atomic mass is 35.5. The average molecular weight is 212 g/mol. The van der Waals surface area contributed by atoms with Crippen molar-refractivity contribution in [3.05, 3.63) is 34.9 Å². The second-order valence-corrected chi connectivity index (χ2v) is 3.94. The minimum Gasteiger partial charge on any atom is -0.310 e. The zero-order valence-corrected chi connectivity index (χ0v) is 9.66. The number of hydrogen-bond donors (Lipinski definition) is 1. The predicted octanol–water partition coefficient (Wildman–Crippen LogP) is 3.15. The molecule has 0 bridgehead atoms. The van der Waals surface area contributed by atoms with Crippen LogP contribution in [0, 0.1) is 13.8 Å². The molecule has 0 spiro atoms. The van der Waals surface area contributed by atoms with E-state index in [4.69, 9.17) is 0 Å². The second-order valence-electron chi connectivity index (χ2n) is 3.94. The number of nitrogens with one attached hydrogen (secondary N) is 1. The zero-order chi connectivity index (χ0) is 9.26. The lowest BCUT2D eigenvalue weighted by Gasteiger charge is -2.15. The molecule has 1 aliphatic rings. The van der Waals surface area contributed by atoms with Gasteiger partial charge in [0, 0.05) is 6.04 Å². The lowest BCUT2D eigenvalue weighted by atomic mass is 9.97. The van der Waals surface area contributed by atoms with E-state index in [1.807, 2.05) is 0 Å². The fourth-order valence-electron chi connectivity index (χ4n) is 2.10. The first-order valence-corrected chi connectivity index (χ1v) is 5.08. The number of rotatable bonds is 1. The Morgan fingerprint density at radius 2 is 2.07 bits per heavy atom. The highest BCUT2D eigenvalue weighted by Crippen LogP contribution is 2.26. The second kappa shape index (κ2) is 4.81. The van der Waals surface area contributed by atoms with Crippen molar-refractivity contribution in [2.24, 2.45) is 0 Å². The normalized spacial score (nSPS) is 20.6. The van der Waals surface area contributed by atoms with Crippen LogP contribution in [0.15, 0.2) is 18.2 Å². The van der Waals surface area contributed by atoms with Crippen LogP contribution in [0.4, 0.5) is 0 Å². The van der Waals surface area contributed by atoms with Crippen LogP contribution in [0.5, 0.6) is 0 Å². The fraction of sp³-hybridized carbons (Fsp3) is 0.500. The van der Waals surface area contributed by atoms with Gasteiger partial charge in [0.1, 0.15) is 0 Å². The van der Waals surface area contributed by atoms with Crippen molar-refractivity contribution < 1.29 is 0 Å². The summed E-state index contributed by atoms with van der Waals surface area (Å²) in [6.45, 7) is 5.59. The maximum absolute atomic E-state index is 3.54. The smallest absolute Gasteiger partial charge is 0.0323 e. The van der Waals surface area contributed by atoms with Crippen LogP contribution in [0.3, 0.4) is 0 Å². The topological polar surface area (TPSA) is 12.0 Å². The number of halogens is 1. The van der Waals surface area contributed by atoms with E-state index in [2.05, 4.69) is 37.4 Å². The molecule has 1 aromatic carbocycles. The van der Waals surface area contributed by atoms with Gasteiger partial charge in [0.05, 0.1) is 0 Å². The summed E-state index contributed by atoms with van der Waals surface area (Å²) >= 11 is 0. The standard InChI is InChI=1S/C12H17N.ClH/c1-9-5-3-6-11(10(9)2)12-7-4-8-13-12;/h3,5-6,12-13H,4,7-8H2,1-2H3;1H/t12-;/m1./s1. The Morgan fingerprint density at radius 1 is 1.29 bits per heavy atom. The third-order valence-electron chi connectivity index (χ3n) is 3.08. The van der Waals surface area contributed by atoms with Crippen molar-refractivity contribution in [3.8, 4) is 0 Å². The molecule has 1 saturated heterocycles. The summed E-state index contributed by atoms with van der Waals surface area (Å²) < 4.78 is 0. The molecule has 1 fully saturated rings. The van der Waals surface area contributed by atoms with E-state index in [1.165, 1.54) is 36.1 Å². The van der Waals surface area contributed by atoms with Gasteiger partial charge in [0.15, 0.2) is 0 Å². The molecule has 1 atom stereocenters. The molecule has 2 rings (SSSR count). The summed E-state index contributed by atoms with van der Waals surface area (Å²) in [4.78, 5) is 0. The third kappa shape index (κ3) is 2.10. The molecule has 0 aromatic heterocycles. The first kappa shape index (κ1) is 11.5. The van der Waals surface area contributed by atoms with E-state index in [9.17, 15) is 0 Å². The van der Waals surface area contributed by atoms with E-state index in [0.717, 1.165) is 0 Å². The van der Waals surface area contributed by atoms with Crippen LogP contribution in [-0.4, -0.2) is 6.54 Å². The average Bonchev–Trinajstić information content (AvgIpc) is 2.62. The molecule has 1 aliphatic heterocycles. The molecule has 14 heavy (non-hydrogen) atoms. The molecule has 1 N–H and O–H groups in total. The summed E-state index contributed by atoms with van der Waals surface area (Å²) in [6.07, 6.45) is 2.61. The Morgan fingerprint density at radius 3 is 2.71 bits per heavy atom. The molecule has 0 saturated carbocycles. The van der Waals surface area contributed by atoms with Crippen LogP contribution < -0.4 is 5.32 Å². The molecule has 0 amide bonds. The summed E-state index contributed by atoms with van der Waals surface area (Å²) in [6, 6.07) is 7.22. The van der Waals surface area contributed by atoms with Gasteiger partial charge in [-0.15, -0.1) is 12.4 Å². The minimum atomic E-state index is 0. The molecule has 78 valence electrons. The lowest BCUT2D eigenvalue weighted by Crippen LogP contribution is -2.14. The van der Waals surface area contributed by atoms with Gasteiger partial charge in [0.25, 0.3) is 0 Å². The van der Waals surface area contributed by atoms with Crippen LogP contribution in [0.2, 0.25) is 0 Å². The van der Waals surface area contributed by atoms with Gasteiger partial charge < -0.3 is 5.32 Å². The Labute approximate surface area is 92.3 Å². The first-order chi connectivity index (χ1) is 6.29. The zero-order valence-electron chi connectivity index (χ0n) is 8.84. The van der Waals surface area contributed by atoms with E-state index in [-0.39, 0.29) is 12.4 Å². The predicted molar refractivity (Wildman–Crippen MR) is 63.1 cm³/mol. The van der Waals surface area contributed by atoms with Crippen LogP contribution in [-0.2, 0) is 0 Å². The van der Waals surface area contributed by atoms with Crippen molar-refractivity contribution in [3.63, 3.8) is 0 Å². The maximum Gasteiger partial charge on any atom is 0.0323 e. The Kier molecular flexibility index (Phi) is 3.97. The highest BCUT2D eigenvalue weighted by molar-refractivity contribution is 5.85. The number of hydrogen-bond acceptors (Lipinski definition) is 1. The van der Waals surface area contributed by atoms with Crippen LogP contribution >= 0.6 is 12.4 Å². The Balaban J connectivity index is 0.000000980. The fourth-order valence-corrected chi connectivity index (χ4v) is 2.10. The Bertz CT molecular complexity index is 303. The summed E-state index contributed by atoms with van der Waals surface area (Å²) in [5.41, 5.74) is 4.37. The molecule has 1 nitrogen and oxygen atoms in total. The summed E-state index contributed by atoms with van der Waals surface area (Å²) in [5.74, 6) is 0. The van der Waals surface area contributed by atoms with Gasteiger partial charge >= 0.3 is 0 Å². The Hall–Kier alpha value is -0.530. The van der Waals surface area contributed by atoms with Crippen molar-refractivity contribution in [2.75, 3.05) is 6.54 Å². The molecule has 1 aromatic rings. The van der Waals surface area contributed by atoms with Gasteiger partial charge in [-0.25, -0.2) is 0 Å². The van der Waals surface area contributed by atoms with Gasteiger partial charge in [-0.2, -0.15) is 0 Å². The van der Waals surface area contributed by atoms with E-state index < -0.39 is 0 Å². The largest absolute Gasteiger partial charge is 0.310 e. The molecule has 0 unspecified atom stereocenters. The van der Waals surface area contributed by atoms with E-state index >= 15 is 0 Å².